The van der Waals surface area contributed by atoms with Gasteiger partial charge in [-0.15, -0.1) is 11.3 Å². The molecule has 0 aliphatic rings. The smallest absolute Gasteiger partial charge is 0.123 e. The van der Waals surface area contributed by atoms with Gasteiger partial charge in [-0.3, -0.25) is 0 Å². The molecule has 0 fully saturated rings. The number of aromatic nitrogens is 1. The van der Waals surface area contributed by atoms with E-state index in [9.17, 15) is 0 Å². The normalized spacial score (nSPS) is 11.2. The minimum absolute atomic E-state index is 0.496. The van der Waals surface area contributed by atoms with E-state index in [2.05, 4.69) is 56.6 Å². The molecule has 1 aromatic heterocycles. The standard InChI is InChI=1S/C15H20N2S/c1-10(2)16-8-13-9-18-15(17-13)14-7-5-6-11(3)12(14)4/h5-7,9-10,16H,8H2,1-4H3. The lowest BCUT2D eigenvalue weighted by molar-refractivity contribution is 0.583. The second-order valence-corrected chi connectivity index (χ2v) is 5.79. The predicted molar refractivity (Wildman–Crippen MR) is 79.0 cm³/mol. The minimum atomic E-state index is 0.496. The first kappa shape index (κ1) is 13.2. The van der Waals surface area contributed by atoms with Crippen LogP contribution in [-0.4, -0.2) is 11.0 Å². The van der Waals surface area contributed by atoms with Gasteiger partial charge in [0.1, 0.15) is 5.01 Å². The van der Waals surface area contributed by atoms with Crippen molar-refractivity contribution in [2.24, 2.45) is 0 Å². The van der Waals surface area contributed by atoms with Crippen LogP contribution in [0.2, 0.25) is 0 Å². The molecule has 0 unspecified atom stereocenters. The van der Waals surface area contributed by atoms with Crippen LogP contribution >= 0.6 is 11.3 Å². The molecule has 0 amide bonds. The second kappa shape index (κ2) is 5.63. The summed E-state index contributed by atoms with van der Waals surface area (Å²) in [5.41, 5.74) is 5.04. The maximum Gasteiger partial charge on any atom is 0.123 e. The number of benzene rings is 1. The average molecular weight is 260 g/mol. The van der Waals surface area contributed by atoms with Crippen molar-refractivity contribution in [1.29, 1.82) is 0 Å². The van der Waals surface area contributed by atoms with Crippen molar-refractivity contribution in [2.75, 3.05) is 0 Å². The van der Waals surface area contributed by atoms with Crippen molar-refractivity contribution < 1.29 is 0 Å². The van der Waals surface area contributed by atoms with Crippen LogP contribution in [0, 0.1) is 13.8 Å². The first-order valence-electron chi connectivity index (χ1n) is 6.32. The quantitative estimate of drug-likeness (QED) is 0.901. The number of hydrogen-bond acceptors (Lipinski definition) is 3. The average Bonchev–Trinajstić information content (AvgIpc) is 2.78. The van der Waals surface area contributed by atoms with Crippen molar-refractivity contribution in [2.45, 2.75) is 40.3 Å². The summed E-state index contributed by atoms with van der Waals surface area (Å²) in [5.74, 6) is 0. The Morgan fingerprint density at radius 3 is 2.78 bits per heavy atom. The third-order valence-electron chi connectivity index (χ3n) is 3.08. The van der Waals surface area contributed by atoms with Crippen molar-refractivity contribution in [3.8, 4) is 10.6 Å². The molecule has 1 aromatic carbocycles. The molecule has 0 saturated carbocycles. The summed E-state index contributed by atoms with van der Waals surface area (Å²) in [6.45, 7) is 9.46. The number of thiazole rings is 1. The van der Waals surface area contributed by atoms with Gasteiger partial charge in [0, 0.05) is 23.5 Å². The molecule has 1 heterocycles. The maximum absolute atomic E-state index is 4.71. The van der Waals surface area contributed by atoms with E-state index in [0.29, 0.717) is 6.04 Å². The van der Waals surface area contributed by atoms with E-state index in [-0.39, 0.29) is 0 Å². The topological polar surface area (TPSA) is 24.9 Å². The van der Waals surface area contributed by atoms with Gasteiger partial charge in [0.05, 0.1) is 5.69 Å². The van der Waals surface area contributed by atoms with E-state index in [0.717, 1.165) is 17.2 Å². The highest BCUT2D eigenvalue weighted by Gasteiger charge is 2.08. The molecule has 0 bridgehead atoms. The molecular formula is C15H20N2S. The highest BCUT2D eigenvalue weighted by Crippen LogP contribution is 2.28. The van der Waals surface area contributed by atoms with E-state index in [1.54, 1.807) is 11.3 Å². The summed E-state index contributed by atoms with van der Waals surface area (Å²) < 4.78 is 0. The molecule has 3 heteroatoms. The van der Waals surface area contributed by atoms with Crippen molar-refractivity contribution in [3.63, 3.8) is 0 Å². The van der Waals surface area contributed by atoms with Crippen molar-refractivity contribution in [3.05, 3.63) is 40.4 Å². The van der Waals surface area contributed by atoms with Crippen LogP contribution in [-0.2, 0) is 6.54 Å². The van der Waals surface area contributed by atoms with Gasteiger partial charge in [0.25, 0.3) is 0 Å². The van der Waals surface area contributed by atoms with E-state index >= 15 is 0 Å². The largest absolute Gasteiger partial charge is 0.309 e. The van der Waals surface area contributed by atoms with E-state index in [1.807, 2.05) is 0 Å². The van der Waals surface area contributed by atoms with Crippen molar-refractivity contribution >= 4 is 11.3 Å². The molecule has 0 aliphatic heterocycles. The minimum Gasteiger partial charge on any atom is -0.309 e. The zero-order valence-electron chi connectivity index (χ0n) is 11.4. The van der Waals surface area contributed by atoms with Crippen LogP contribution in [0.15, 0.2) is 23.6 Å². The summed E-state index contributed by atoms with van der Waals surface area (Å²) in [4.78, 5) is 4.71. The van der Waals surface area contributed by atoms with E-state index < -0.39 is 0 Å². The Kier molecular flexibility index (Phi) is 4.15. The summed E-state index contributed by atoms with van der Waals surface area (Å²) in [7, 11) is 0. The Labute approximate surface area is 113 Å². The fourth-order valence-electron chi connectivity index (χ4n) is 1.80. The Balaban J connectivity index is 2.21. The second-order valence-electron chi connectivity index (χ2n) is 4.93. The highest BCUT2D eigenvalue weighted by molar-refractivity contribution is 7.13. The van der Waals surface area contributed by atoms with Crippen molar-refractivity contribution in [1.82, 2.24) is 10.3 Å². The molecule has 0 radical (unpaired) electrons. The van der Waals surface area contributed by atoms with Crippen LogP contribution in [0.25, 0.3) is 10.6 Å². The van der Waals surface area contributed by atoms with E-state index in [4.69, 9.17) is 4.98 Å². The number of hydrogen-bond donors (Lipinski definition) is 1. The summed E-state index contributed by atoms with van der Waals surface area (Å²) in [6, 6.07) is 6.90. The van der Waals surface area contributed by atoms with E-state index in [1.165, 1.54) is 16.7 Å². The van der Waals surface area contributed by atoms with Gasteiger partial charge in [0.15, 0.2) is 0 Å². The zero-order valence-corrected chi connectivity index (χ0v) is 12.3. The monoisotopic (exact) mass is 260 g/mol. The summed E-state index contributed by atoms with van der Waals surface area (Å²) in [6.07, 6.45) is 0. The molecular weight excluding hydrogens is 240 g/mol. The third kappa shape index (κ3) is 2.98. The first-order chi connectivity index (χ1) is 8.58. The van der Waals surface area contributed by atoms with Crippen LogP contribution in [0.4, 0.5) is 0 Å². The summed E-state index contributed by atoms with van der Waals surface area (Å²) in [5, 5.41) is 6.66. The Morgan fingerprint density at radius 1 is 1.28 bits per heavy atom. The Bertz CT molecular complexity index is 529. The molecule has 18 heavy (non-hydrogen) atoms. The van der Waals surface area contributed by atoms with Crippen LogP contribution in [0.5, 0.6) is 0 Å². The first-order valence-corrected chi connectivity index (χ1v) is 7.20. The Hall–Kier alpha value is -1.19. The van der Waals surface area contributed by atoms with Crippen LogP contribution < -0.4 is 5.32 Å². The zero-order chi connectivity index (χ0) is 13.1. The molecule has 2 nitrogen and oxygen atoms in total. The molecule has 96 valence electrons. The fourth-order valence-corrected chi connectivity index (χ4v) is 2.71. The number of aryl methyl sites for hydroxylation is 1. The molecule has 0 aliphatic carbocycles. The lowest BCUT2D eigenvalue weighted by atomic mass is 10.0. The molecule has 2 rings (SSSR count). The molecule has 2 aromatic rings. The molecule has 0 spiro atoms. The fraction of sp³-hybridized carbons (Fsp3) is 0.400. The highest BCUT2D eigenvalue weighted by atomic mass is 32.1. The van der Waals surface area contributed by atoms with Gasteiger partial charge in [-0.25, -0.2) is 4.98 Å². The molecule has 0 saturated heterocycles. The van der Waals surface area contributed by atoms with Crippen LogP contribution in [0.3, 0.4) is 0 Å². The third-order valence-corrected chi connectivity index (χ3v) is 4.00. The van der Waals surface area contributed by atoms with Gasteiger partial charge >= 0.3 is 0 Å². The maximum atomic E-state index is 4.71. The van der Waals surface area contributed by atoms with Gasteiger partial charge in [0.2, 0.25) is 0 Å². The summed E-state index contributed by atoms with van der Waals surface area (Å²) >= 11 is 1.73. The molecule has 0 atom stereocenters. The van der Waals surface area contributed by atoms with Gasteiger partial charge < -0.3 is 5.32 Å². The number of nitrogens with one attached hydrogen (secondary N) is 1. The van der Waals surface area contributed by atoms with Gasteiger partial charge in [-0.2, -0.15) is 0 Å². The number of nitrogens with zero attached hydrogens (tertiary/aromatic N) is 1. The lowest BCUT2D eigenvalue weighted by Crippen LogP contribution is -2.21. The van der Waals surface area contributed by atoms with Gasteiger partial charge in [-0.1, -0.05) is 32.0 Å². The lowest BCUT2D eigenvalue weighted by Gasteiger charge is -2.06. The predicted octanol–water partition coefficient (Wildman–Crippen LogP) is 3.92. The molecule has 1 N–H and O–H groups in total. The Morgan fingerprint density at radius 2 is 2.06 bits per heavy atom. The van der Waals surface area contributed by atoms with Gasteiger partial charge in [-0.05, 0) is 25.0 Å². The van der Waals surface area contributed by atoms with Crippen LogP contribution in [0.1, 0.15) is 30.7 Å². The number of rotatable bonds is 4. The SMILES string of the molecule is Cc1cccc(-c2nc(CNC(C)C)cs2)c1C.